The zero-order valence-electron chi connectivity index (χ0n) is 9.61. The van der Waals surface area contributed by atoms with E-state index >= 15 is 0 Å². The molecule has 0 atom stereocenters. The number of hydrogen-bond acceptors (Lipinski definition) is 5. The highest BCUT2D eigenvalue weighted by Gasteiger charge is 2.16. The number of hydrogen-bond donors (Lipinski definition) is 2. The molecule has 2 rings (SSSR count). The zero-order chi connectivity index (χ0) is 13.0. The molecule has 0 aliphatic heterocycles. The number of nitrogens with zero attached hydrogens (tertiary/aromatic N) is 2. The Morgan fingerprint density at radius 1 is 1.50 bits per heavy atom. The smallest absolute Gasteiger partial charge is 0.260 e. The Hall–Kier alpha value is -2.44. The molecule has 0 saturated carbocycles. The molecular weight excluding hydrogens is 239 g/mol. The molecular formula is C11H11FN4O2. The molecule has 18 heavy (non-hydrogen) atoms. The third kappa shape index (κ3) is 2.45. The molecule has 0 bridgehead atoms. The predicted octanol–water partition coefficient (Wildman–Crippen LogP) is 1.89. The van der Waals surface area contributed by atoms with Crippen LogP contribution in [0.2, 0.25) is 0 Å². The fourth-order valence-electron chi connectivity index (χ4n) is 1.37. The molecule has 6 nitrogen and oxygen atoms in total. The Balaban J connectivity index is 2.22. The van der Waals surface area contributed by atoms with Gasteiger partial charge in [0.05, 0.1) is 5.56 Å². The highest BCUT2D eigenvalue weighted by Crippen LogP contribution is 2.16. The van der Waals surface area contributed by atoms with Crippen molar-refractivity contribution in [3.8, 4) is 0 Å². The Bertz CT molecular complexity index is 542. The third-order valence-electron chi connectivity index (χ3n) is 2.16. The van der Waals surface area contributed by atoms with Crippen LogP contribution in [0, 0.1) is 5.82 Å². The van der Waals surface area contributed by atoms with Crippen LogP contribution in [0.3, 0.4) is 0 Å². The number of rotatable bonds is 4. The van der Waals surface area contributed by atoms with E-state index in [0.717, 1.165) is 0 Å². The Labute approximate surface area is 102 Å². The number of halogens is 1. The number of anilines is 2. The minimum atomic E-state index is -0.694. The van der Waals surface area contributed by atoms with Crippen molar-refractivity contribution < 1.29 is 13.7 Å². The molecule has 0 saturated heterocycles. The first-order valence-corrected chi connectivity index (χ1v) is 5.32. The van der Waals surface area contributed by atoms with Crippen LogP contribution in [-0.2, 0) is 0 Å². The molecule has 7 heteroatoms. The first-order chi connectivity index (χ1) is 8.72. The van der Waals surface area contributed by atoms with Gasteiger partial charge in [-0.2, -0.15) is 0 Å². The SMILES string of the molecule is CCNc1nccc(C(=O)Nc2ccon2)c1F. The number of carbonyl (C=O) groups is 1. The maximum Gasteiger partial charge on any atom is 0.260 e. The van der Waals surface area contributed by atoms with Gasteiger partial charge in [-0.25, -0.2) is 9.37 Å². The maximum absolute atomic E-state index is 13.9. The molecule has 0 fully saturated rings. The number of carbonyl (C=O) groups excluding carboxylic acids is 1. The van der Waals surface area contributed by atoms with Crippen molar-refractivity contribution in [3.63, 3.8) is 0 Å². The fraction of sp³-hybridized carbons (Fsp3) is 0.182. The van der Waals surface area contributed by atoms with Crippen LogP contribution in [0.1, 0.15) is 17.3 Å². The van der Waals surface area contributed by atoms with Gasteiger partial charge in [0.1, 0.15) is 6.26 Å². The van der Waals surface area contributed by atoms with Crippen LogP contribution in [0.15, 0.2) is 29.1 Å². The van der Waals surface area contributed by atoms with Crippen molar-refractivity contribution in [1.82, 2.24) is 10.1 Å². The number of aromatic nitrogens is 2. The molecule has 0 radical (unpaired) electrons. The van der Waals surface area contributed by atoms with E-state index in [2.05, 4.69) is 25.3 Å². The lowest BCUT2D eigenvalue weighted by Gasteiger charge is -2.07. The standard InChI is InChI=1S/C11H11FN4O2/c1-2-13-10-9(12)7(3-5-14-10)11(17)15-8-4-6-18-16-8/h3-6H,2H2,1H3,(H,13,14)(H,15,16,17). The Morgan fingerprint density at radius 2 is 2.33 bits per heavy atom. The molecule has 94 valence electrons. The fourth-order valence-corrected chi connectivity index (χ4v) is 1.37. The number of pyridine rings is 1. The molecule has 2 N–H and O–H groups in total. The topological polar surface area (TPSA) is 80.0 Å². The van der Waals surface area contributed by atoms with Crippen LogP contribution in [-0.4, -0.2) is 22.6 Å². The van der Waals surface area contributed by atoms with Gasteiger partial charge in [0.2, 0.25) is 0 Å². The van der Waals surface area contributed by atoms with Gasteiger partial charge in [0.15, 0.2) is 17.5 Å². The van der Waals surface area contributed by atoms with Crippen molar-refractivity contribution in [2.75, 3.05) is 17.2 Å². The average Bonchev–Trinajstić information content (AvgIpc) is 2.85. The second-order valence-electron chi connectivity index (χ2n) is 3.39. The van der Waals surface area contributed by atoms with E-state index in [4.69, 9.17) is 0 Å². The summed E-state index contributed by atoms with van der Waals surface area (Å²) in [5.74, 6) is -1.03. The lowest BCUT2D eigenvalue weighted by Crippen LogP contribution is -2.15. The van der Waals surface area contributed by atoms with E-state index < -0.39 is 11.7 Å². The van der Waals surface area contributed by atoms with Crippen molar-refractivity contribution in [2.45, 2.75) is 6.92 Å². The van der Waals surface area contributed by atoms with Gasteiger partial charge in [0.25, 0.3) is 5.91 Å². The summed E-state index contributed by atoms with van der Waals surface area (Å²) in [6, 6.07) is 2.76. The van der Waals surface area contributed by atoms with E-state index in [9.17, 15) is 9.18 Å². The summed E-state index contributed by atoms with van der Waals surface area (Å²) in [4.78, 5) is 15.6. The van der Waals surface area contributed by atoms with E-state index in [1.807, 2.05) is 6.92 Å². The lowest BCUT2D eigenvalue weighted by atomic mass is 10.2. The third-order valence-corrected chi connectivity index (χ3v) is 2.16. The predicted molar refractivity (Wildman–Crippen MR) is 62.8 cm³/mol. The van der Waals surface area contributed by atoms with Crippen LogP contribution < -0.4 is 10.6 Å². The largest absolute Gasteiger partial charge is 0.368 e. The molecule has 2 aromatic heterocycles. The van der Waals surface area contributed by atoms with Gasteiger partial charge in [-0.15, -0.1) is 0 Å². The molecule has 0 aromatic carbocycles. The lowest BCUT2D eigenvalue weighted by molar-refractivity contribution is 0.102. The Morgan fingerprint density at radius 3 is 3.00 bits per heavy atom. The average molecular weight is 250 g/mol. The Kier molecular flexibility index (Phi) is 3.52. The van der Waals surface area contributed by atoms with Crippen LogP contribution in [0.5, 0.6) is 0 Å². The highest BCUT2D eigenvalue weighted by atomic mass is 19.1. The van der Waals surface area contributed by atoms with Gasteiger partial charge in [-0.05, 0) is 13.0 Å². The molecule has 2 heterocycles. The van der Waals surface area contributed by atoms with Gasteiger partial charge < -0.3 is 15.2 Å². The molecule has 1 amide bonds. The summed E-state index contributed by atoms with van der Waals surface area (Å²) in [6.45, 7) is 2.32. The first kappa shape index (κ1) is 12.0. The quantitative estimate of drug-likeness (QED) is 0.866. The van der Waals surface area contributed by atoms with Crippen molar-refractivity contribution >= 4 is 17.5 Å². The van der Waals surface area contributed by atoms with Gasteiger partial charge in [0, 0.05) is 18.8 Å². The van der Waals surface area contributed by atoms with E-state index in [-0.39, 0.29) is 17.2 Å². The highest BCUT2D eigenvalue weighted by molar-refractivity contribution is 6.04. The van der Waals surface area contributed by atoms with Crippen LogP contribution in [0.4, 0.5) is 16.0 Å². The summed E-state index contributed by atoms with van der Waals surface area (Å²) in [5.41, 5.74) is -0.107. The summed E-state index contributed by atoms with van der Waals surface area (Å²) >= 11 is 0. The summed E-state index contributed by atoms with van der Waals surface area (Å²) in [7, 11) is 0. The van der Waals surface area contributed by atoms with Crippen LogP contribution in [0.25, 0.3) is 0 Å². The van der Waals surface area contributed by atoms with E-state index in [0.29, 0.717) is 6.54 Å². The maximum atomic E-state index is 13.9. The van der Waals surface area contributed by atoms with Gasteiger partial charge >= 0.3 is 0 Å². The second-order valence-corrected chi connectivity index (χ2v) is 3.39. The summed E-state index contributed by atoms with van der Waals surface area (Å²) in [5, 5.41) is 8.65. The van der Waals surface area contributed by atoms with Crippen molar-refractivity contribution in [1.29, 1.82) is 0 Å². The zero-order valence-corrected chi connectivity index (χ0v) is 9.61. The summed E-state index contributed by atoms with van der Waals surface area (Å²) in [6.07, 6.45) is 2.67. The van der Waals surface area contributed by atoms with Gasteiger partial charge in [-0.3, -0.25) is 4.79 Å². The number of amides is 1. The second kappa shape index (κ2) is 5.26. The minimum absolute atomic E-state index is 0.0466. The molecule has 0 aliphatic carbocycles. The molecule has 0 unspecified atom stereocenters. The van der Waals surface area contributed by atoms with Crippen molar-refractivity contribution in [3.05, 3.63) is 36.0 Å². The summed E-state index contributed by atoms with van der Waals surface area (Å²) < 4.78 is 18.5. The molecule has 0 aliphatic rings. The van der Waals surface area contributed by atoms with Gasteiger partial charge in [-0.1, -0.05) is 5.16 Å². The number of nitrogens with one attached hydrogen (secondary N) is 2. The minimum Gasteiger partial charge on any atom is -0.368 e. The molecule has 0 spiro atoms. The van der Waals surface area contributed by atoms with Crippen LogP contribution >= 0.6 is 0 Å². The van der Waals surface area contributed by atoms with E-state index in [1.165, 1.54) is 24.6 Å². The first-order valence-electron chi connectivity index (χ1n) is 5.32. The van der Waals surface area contributed by atoms with Crippen molar-refractivity contribution in [2.24, 2.45) is 0 Å². The van der Waals surface area contributed by atoms with E-state index in [1.54, 1.807) is 0 Å². The molecule has 2 aromatic rings. The normalized spacial score (nSPS) is 10.1. The monoisotopic (exact) mass is 250 g/mol.